The Labute approximate surface area is 119 Å². The number of nitrogens with zero attached hydrogens (tertiary/aromatic N) is 4. The Hall–Kier alpha value is -1.95. The number of hydrogen-bond donors (Lipinski definition) is 2. The maximum Gasteiger partial charge on any atom is 0.247 e. The molecule has 6 heteroatoms. The molecule has 2 rings (SSSR count). The van der Waals surface area contributed by atoms with E-state index in [1.807, 2.05) is 30.3 Å². The second kappa shape index (κ2) is 6.00. The molecule has 20 heavy (non-hydrogen) atoms. The lowest BCUT2D eigenvalue weighted by molar-refractivity contribution is 0.327. The third-order valence-corrected chi connectivity index (χ3v) is 3.27. The molecule has 0 saturated carbocycles. The van der Waals surface area contributed by atoms with Crippen LogP contribution in [0.5, 0.6) is 0 Å². The minimum Gasteiger partial charge on any atom is -0.349 e. The Morgan fingerprint density at radius 3 is 2.55 bits per heavy atom. The number of aromatic nitrogens is 4. The molecule has 1 unspecified atom stereocenters. The summed E-state index contributed by atoms with van der Waals surface area (Å²) in [6, 6.07) is 10.0. The molecular weight excluding hydrogens is 252 g/mol. The maximum atomic E-state index is 5.71. The highest BCUT2D eigenvalue weighted by Gasteiger charge is 2.25. The zero-order valence-electron chi connectivity index (χ0n) is 12.2. The van der Waals surface area contributed by atoms with Crippen molar-refractivity contribution in [2.45, 2.75) is 33.2 Å². The zero-order valence-corrected chi connectivity index (χ0v) is 12.2. The molecule has 0 radical (unpaired) electrons. The highest BCUT2D eigenvalue weighted by molar-refractivity contribution is 5.39. The van der Waals surface area contributed by atoms with Gasteiger partial charge in [0.25, 0.3) is 0 Å². The fraction of sp³-hybridized carbons (Fsp3) is 0.500. The Morgan fingerprint density at radius 1 is 1.25 bits per heavy atom. The molecule has 0 spiro atoms. The number of para-hydroxylation sites is 1. The van der Waals surface area contributed by atoms with E-state index in [2.05, 4.69) is 41.6 Å². The van der Waals surface area contributed by atoms with Gasteiger partial charge in [0.1, 0.15) is 0 Å². The van der Waals surface area contributed by atoms with Crippen molar-refractivity contribution in [1.29, 1.82) is 0 Å². The monoisotopic (exact) mass is 274 g/mol. The molecule has 1 atom stereocenters. The van der Waals surface area contributed by atoms with Crippen molar-refractivity contribution in [2.75, 3.05) is 11.9 Å². The molecule has 1 heterocycles. The zero-order chi connectivity index (χ0) is 14.6. The number of rotatable bonds is 5. The van der Waals surface area contributed by atoms with Crippen molar-refractivity contribution in [3.05, 3.63) is 30.3 Å². The third-order valence-electron chi connectivity index (χ3n) is 3.27. The number of tetrazole rings is 1. The Morgan fingerprint density at radius 2 is 1.95 bits per heavy atom. The molecule has 0 aliphatic carbocycles. The van der Waals surface area contributed by atoms with Crippen LogP contribution in [0.2, 0.25) is 0 Å². The summed E-state index contributed by atoms with van der Waals surface area (Å²) in [4.78, 5) is 0. The van der Waals surface area contributed by atoms with Crippen LogP contribution in [0.25, 0.3) is 5.69 Å². The van der Waals surface area contributed by atoms with Crippen LogP contribution in [-0.2, 0) is 0 Å². The third kappa shape index (κ3) is 3.33. The number of anilines is 1. The van der Waals surface area contributed by atoms with Gasteiger partial charge in [-0.05, 0) is 40.9 Å². The highest BCUT2D eigenvalue weighted by Crippen LogP contribution is 2.25. The van der Waals surface area contributed by atoms with Gasteiger partial charge in [-0.3, -0.25) is 0 Å². The smallest absolute Gasteiger partial charge is 0.247 e. The summed E-state index contributed by atoms with van der Waals surface area (Å²) in [5.41, 5.74) is 6.71. The van der Waals surface area contributed by atoms with Crippen LogP contribution in [0.3, 0.4) is 0 Å². The SMILES string of the molecule is CC(C)(C)C(CCN)Nc1nnnn1-c1ccccc1. The molecule has 0 bridgehead atoms. The summed E-state index contributed by atoms with van der Waals surface area (Å²) >= 11 is 0. The molecule has 6 nitrogen and oxygen atoms in total. The van der Waals surface area contributed by atoms with E-state index in [9.17, 15) is 0 Å². The average Bonchev–Trinajstić information content (AvgIpc) is 2.86. The molecule has 0 aliphatic heterocycles. The van der Waals surface area contributed by atoms with E-state index in [1.165, 1.54) is 0 Å². The largest absolute Gasteiger partial charge is 0.349 e. The van der Waals surface area contributed by atoms with E-state index >= 15 is 0 Å². The van der Waals surface area contributed by atoms with Gasteiger partial charge in [-0.15, -0.1) is 0 Å². The summed E-state index contributed by atoms with van der Waals surface area (Å²) in [5, 5.41) is 15.3. The van der Waals surface area contributed by atoms with Gasteiger partial charge >= 0.3 is 0 Å². The van der Waals surface area contributed by atoms with E-state index in [-0.39, 0.29) is 11.5 Å². The van der Waals surface area contributed by atoms with Gasteiger partial charge in [-0.2, -0.15) is 4.68 Å². The summed E-state index contributed by atoms with van der Waals surface area (Å²) < 4.78 is 1.70. The van der Waals surface area contributed by atoms with E-state index < -0.39 is 0 Å². The van der Waals surface area contributed by atoms with Gasteiger partial charge in [0, 0.05) is 6.04 Å². The lowest BCUT2D eigenvalue weighted by Gasteiger charge is -2.31. The second-order valence-electron chi connectivity index (χ2n) is 5.89. The Bertz CT molecular complexity index is 528. The molecule has 1 aromatic heterocycles. The van der Waals surface area contributed by atoms with Crippen molar-refractivity contribution in [2.24, 2.45) is 11.1 Å². The van der Waals surface area contributed by atoms with Gasteiger partial charge in [0.15, 0.2) is 0 Å². The maximum absolute atomic E-state index is 5.71. The van der Waals surface area contributed by atoms with Crippen LogP contribution in [0, 0.1) is 5.41 Å². The normalized spacial score (nSPS) is 13.2. The minimum absolute atomic E-state index is 0.0762. The molecule has 1 aromatic carbocycles. The Balaban J connectivity index is 2.24. The van der Waals surface area contributed by atoms with Crippen LogP contribution in [-0.4, -0.2) is 32.8 Å². The second-order valence-corrected chi connectivity index (χ2v) is 5.89. The van der Waals surface area contributed by atoms with Crippen molar-refractivity contribution >= 4 is 5.95 Å². The van der Waals surface area contributed by atoms with Crippen LogP contribution in [0.15, 0.2) is 30.3 Å². The predicted octanol–water partition coefficient (Wildman–Crippen LogP) is 1.84. The Kier molecular flexibility index (Phi) is 4.34. The van der Waals surface area contributed by atoms with Crippen LogP contribution >= 0.6 is 0 Å². The molecule has 2 aromatic rings. The van der Waals surface area contributed by atoms with Crippen LogP contribution in [0.4, 0.5) is 5.95 Å². The number of nitrogens with two attached hydrogens (primary N) is 1. The number of nitrogens with one attached hydrogen (secondary N) is 1. The van der Waals surface area contributed by atoms with Gasteiger partial charge in [-0.25, -0.2) is 0 Å². The van der Waals surface area contributed by atoms with Crippen LogP contribution in [0.1, 0.15) is 27.2 Å². The molecular formula is C14H22N6. The van der Waals surface area contributed by atoms with E-state index in [1.54, 1.807) is 4.68 Å². The number of benzene rings is 1. The van der Waals surface area contributed by atoms with Gasteiger partial charge < -0.3 is 11.1 Å². The molecule has 0 aliphatic rings. The van der Waals surface area contributed by atoms with Crippen molar-refractivity contribution in [3.8, 4) is 5.69 Å². The lowest BCUT2D eigenvalue weighted by atomic mass is 9.85. The average molecular weight is 274 g/mol. The van der Waals surface area contributed by atoms with E-state index in [0.29, 0.717) is 12.5 Å². The molecule has 3 N–H and O–H groups in total. The summed E-state index contributed by atoms with van der Waals surface area (Å²) in [6.07, 6.45) is 0.866. The molecule has 108 valence electrons. The molecule has 0 fully saturated rings. The quantitative estimate of drug-likeness (QED) is 0.869. The van der Waals surface area contributed by atoms with E-state index in [0.717, 1.165) is 12.1 Å². The van der Waals surface area contributed by atoms with Crippen molar-refractivity contribution in [1.82, 2.24) is 20.2 Å². The van der Waals surface area contributed by atoms with Crippen LogP contribution < -0.4 is 11.1 Å². The summed E-state index contributed by atoms with van der Waals surface area (Å²) in [7, 11) is 0. The first-order valence-electron chi connectivity index (χ1n) is 6.83. The van der Waals surface area contributed by atoms with Gasteiger partial charge in [-0.1, -0.05) is 44.1 Å². The summed E-state index contributed by atoms with van der Waals surface area (Å²) in [6.45, 7) is 7.16. The van der Waals surface area contributed by atoms with Gasteiger partial charge in [0.2, 0.25) is 5.95 Å². The molecule has 0 saturated heterocycles. The minimum atomic E-state index is 0.0762. The van der Waals surface area contributed by atoms with E-state index in [4.69, 9.17) is 5.73 Å². The first-order valence-corrected chi connectivity index (χ1v) is 6.83. The topological polar surface area (TPSA) is 81.7 Å². The first kappa shape index (κ1) is 14.5. The standard InChI is InChI=1S/C14H22N6/c1-14(2,3)12(9-10-15)16-13-17-18-19-20(13)11-7-5-4-6-8-11/h4-8,12H,9-10,15H2,1-3H3,(H,16,17,19). The fourth-order valence-corrected chi connectivity index (χ4v) is 2.06. The highest BCUT2D eigenvalue weighted by atomic mass is 15.6. The fourth-order valence-electron chi connectivity index (χ4n) is 2.06. The van der Waals surface area contributed by atoms with Gasteiger partial charge in [0.05, 0.1) is 5.69 Å². The number of hydrogen-bond acceptors (Lipinski definition) is 5. The lowest BCUT2D eigenvalue weighted by Crippen LogP contribution is -2.36. The predicted molar refractivity (Wildman–Crippen MR) is 79.7 cm³/mol. The van der Waals surface area contributed by atoms with Crippen molar-refractivity contribution in [3.63, 3.8) is 0 Å². The first-order chi connectivity index (χ1) is 9.52. The molecule has 0 amide bonds. The van der Waals surface area contributed by atoms with Crippen molar-refractivity contribution < 1.29 is 0 Å². The summed E-state index contributed by atoms with van der Waals surface area (Å²) in [5.74, 6) is 0.643.